The molecule has 1 aliphatic heterocycles. The molecular formula is C27H33FN6O3. The quantitative estimate of drug-likeness (QED) is 0.462. The molecular weight excluding hydrogens is 475 g/mol. The first-order valence-corrected chi connectivity index (χ1v) is 12.1. The van der Waals surface area contributed by atoms with Crippen molar-refractivity contribution in [1.29, 1.82) is 0 Å². The monoisotopic (exact) mass is 508 g/mol. The molecule has 0 aliphatic carbocycles. The topological polar surface area (TPSA) is 93.8 Å². The molecule has 10 heteroatoms. The van der Waals surface area contributed by atoms with Crippen LogP contribution in [0.15, 0.2) is 48.8 Å². The van der Waals surface area contributed by atoms with Gasteiger partial charge in [-0.2, -0.15) is 5.10 Å². The number of hydrogen-bond acceptors (Lipinski definition) is 6. The number of carbonyl (C=O) groups excluding carboxylic acids is 2. The third kappa shape index (κ3) is 6.33. The highest BCUT2D eigenvalue weighted by Gasteiger charge is 2.35. The van der Waals surface area contributed by atoms with Crippen molar-refractivity contribution in [1.82, 2.24) is 24.9 Å². The number of rotatable bonds is 9. The standard InChI is InChI=1S/C27H33FN6O3/c1-32(2)9-10-37-25-12-21(20-14-29-30-15-20)22(28)13-23(25)31-27(36)24-11-18-7-5-6-8-19(18)16-34(24)26(35)17-33(3)4/h5-8,12-15,24H,9-11,16-17H2,1-4H3,(H,29,30)(H,31,36)/t24-/m1/s1. The second-order valence-corrected chi connectivity index (χ2v) is 9.70. The number of anilines is 1. The van der Waals surface area contributed by atoms with Crippen LogP contribution < -0.4 is 10.1 Å². The van der Waals surface area contributed by atoms with Gasteiger partial charge in [-0.3, -0.25) is 14.7 Å². The zero-order valence-corrected chi connectivity index (χ0v) is 21.6. The Morgan fingerprint density at radius 2 is 1.92 bits per heavy atom. The van der Waals surface area contributed by atoms with E-state index in [-0.39, 0.29) is 18.1 Å². The fourth-order valence-corrected chi connectivity index (χ4v) is 4.32. The molecule has 9 nitrogen and oxygen atoms in total. The van der Waals surface area contributed by atoms with Crippen molar-refractivity contribution < 1.29 is 18.7 Å². The van der Waals surface area contributed by atoms with E-state index in [1.165, 1.54) is 12.3 Å². The summed E-state index contributed by atoms with van der Waals surface area (Å²) >= 11 is 0. The fraction of sp³-hybridized carbons (Fsp3) is 0.370. The Morgan fingerprint density at radius 3 is 2.59 bits per heavy atom. The van der Waals surface area contributed by atoms with Crippen LogP contribution in [0.5, 0.6) is 5.75 Å². The van der Waals surface area contributed by atoms with Gasteiger partial charge in [-0.15, -0.1) is 0 Å². The molecule has 2 heterocycles. The lowest BCUT2D eigenvalue weighted by Crippen LogP contribution is -2.52. The number of H-pyrrole nitrogens is 1. The largest absolute Gasteiger partial charge is 0.490 e. The van der Waals surface area contributed by atoms with Crippen molar-refractivity contribution in [3.63, 3.8) is 0 Å². The highest BCUT2D eigenvalue weighted by Crippen LogP contribution is 2.34. The minimum absolute atomic E-state index is 0.149. The molecule has 1 aliphatic rings. The molecule has 0 spiro atoms. The van der Waals surface area contributed by atoms with E-state index < -0.39 is 17.8 Å². The van der Waals surface area contributed by atoms with Crippen molar-refractivity contribution in [2.75, 3.05) is 53.2 Å². The van der Waals surface area contributed by atoms with Crippen molar-refractivity contribution in [2.24, 2.45) is 0 Å². The van der Waals surface area contributed by atoms with Gasteiger partial charge >= 0.3 is 0 Å². The Morgan fingerprint density at radius 1 is 1.16 bits per heavy atom. The highest BCUT2D eigenvalue weighted by atomic mass is 19.1. The number of aromatic amines is 1. The first-order chi connectivity index (χ1) is 17.7. The van der Waals surface area contributed by atoms with Crippen LogP contribution in [0.1, 0.15) is 11.1 Å². The van der Waals surface area contributed by atoms with Crippen LogP contribution in [0, 0.1) is 5.82 Å². The first-order valence-electron chi connectivity index (χ1n) is 12.1. The van der Waals surface area contributed by atoms with Crippen LogP contribution in [-0.4, -0.2) is 90.6 Å². The Hall–Kier alpha value is -3.76. The Labute approximate surface area is 216 Å². The van der Waals surface area contributed by atoms with Gasteiger partial charge in [0.25, 0.3) is 0 Å². The molecule has 2 N–H and O–H groups in total. The Kier molecular flexibility index (Phi) is 8.20. The summed E-state index contributed by atoms with van der Waals surface area (Å²) in [6.07, 6.45) is 3.48. The Bertz CT molecular complexity index is 1240. The minimum Gasteiger partial charge on any atom is -0.490 e. The van der Waals surface area contributed by atoms with Gasteiger partial charge in [0.15, 0.2) is 0 Å². The van der Waals surface area contributed by atoms with Crippen molar-refractivity contribution in [2.45, 2.75) is 19.0 Å². The molecule has 4 rings (SSSR count). The van der Waals surface area contributed by atoms with E-state index in [0.717, 1.165) is 11.1 Å². The summed E-state index contributed by atoms with van der Waals surface area (Å²) in [4.78, 5) is 32.0. The SMILES string of the molecule is CN(C)CCOc1cc(-c2cn[nH]c2)c(F)cc1NC(=O)[C@H]1Cc2ccccc2CN1C(=O)CN(C)C. The summed E-state index contributed by atoms with van der Waals surface area (Å²) in [6.45, 7) is 1.49. The summed E-state index contributed by atoms with van der Waals surface area (Å²) < 4.78 is 21.1. The van der Waals surface area contributed by atoms with Crippen molar-refractivity contribution in [3.05, 3.63) is 65.7 Å². The van der Waals surface area contributed by atoms with Crippen molar-refractivity contribution >= 4 is 17.5 Å². The van der Waals surface area contributed by atoms with E-state index in [9.17, 15) is 9.59 Å². The van der Waals surface area contributed by atoms with Crippen LogP contribution in [0.25, 0.3) is 11.1 Å². The number of nitrogens with zero attached hydrogens (tertiary/aromatic N) is 4. The van der Waals surface area contributed by atoms with E-state index >= 15 is 4.39 Å². The number of fused-ring (bicyclic) bond motifs is 1. The third-order valence-electron chi connectivity index (χ3n) is 6.26. The molecule has 3 aromatic rings. The maximum absolute atomic E-state index is 15.2. The van der Waals surface area contributed by atoms with Crippen LogP contribution in [0.2, 0.25) is 0 Å². The highest BCUT2D eigenvalue weighted by molar-refractivity contribution is 5.99. The molecule has 0 radical (unpaired) electrons. The molecule has 196 valence electrons. The minimum atomic E-state index is -0.742. The lowest BCUT2D eigenvalue weighted by Gasteiger charge is -2.36. The molecule has 0 bridgehead atoms. The molecule has 0 fully saturated rings. The lowest BCUT2D eigenvalue weighted by atomic mass is 9.93. The molecule has 0 saturated heterocycles. The number of likely N-dealkylation sites (N-methyl/N-ethyl adjacent to an activating group) is 2. The third-order valence-corrected chi connectivity index (χ3v) is 6.26. The zero-order chi connectivity index (χ0) is 26.5. The first kappa shape index (κ1) is 26.3. The summed E-state index contributed by atoms with van der Waals surface area (Å²) in [5.74, 6) is -0.723. The van der Waals surface area contributed by atoms with Crippen molar-refractivity contribution in [3.8, 4) is 16.9 Å². The average molecular weight is 509 g/mol. The number of halogens is 1. The smallest absolute Gasteiger partial charge is 0.247 e. The van der Waals surface area contributed by atoms with Crippen LogP contribution >= 0.6 is 0 Å². The summed E-state index contributed by atoms with van der Waals surface area (Å²) in [7, 11) is 7.47. The van der Waals surface area contributed by atoms with Gasteiger partial charge in [-0.05, 0) is 45.4 Å². The van der Waals surface area contributed by atoms with Gasteiger partial charge in [0.2, 0.25) is 11.8 Å². The lowest BCUT2D eigenvalue weighted by molar-refractivity contribution is -0.140. The predicted octanol–water partition coefficient (Wildman–Crippen LogP) is 2.61. The predicted molar refractivity (Wildman–Crippen MR) is 140 cm³/mol. The van der Waals surface area contributed by atoms with Gasteiger partial charge in [-0.1, -0.05) is 24.3 Å². The number of nitrogens with one attached hydrogen (secondary N) is 2. The summed E-state index contributed by atoms with van der Waals surface area (Å²) in [5, 5.41) is 9.44. The normalized spacial score (nSPS) is 15.1. The molecule has 1 aromatic heterocycles. The molecule has 0 saturated carbocycles. The van der Waals surface area contributed by atoms with Gasteiger partial charge in [0, 0.05) is 42.9 Å². The number of benzene rings is 2. The molecule has 1 atom stereocenters. The second kappa shape index (κ2) is 11.5. The molecule has 0 unspecified atom stereocenters. The summed E-state index contributed by atoms with van der Waals surface area (Å²) in [6, 6.07) is 9.87. The van der Waals surface area contributed by atoms with E-state index in [2.05, 4.69) is 15.5 Å². The van der Waals surface area contributed by atoms with Crippen LogP contribution in [-0.2, 0) is 22.6 Å². The molecule has 2 aromatic carbocycles. The van der Waals surface area contributed by atoms with E-state index in [4.69, 9.17) is 4.74 Å². The maximum Gasteiger partial charge on any atom is 0.247 e. The average Bonchev–Trinajstić information content (AvgIpc) is 3.38. The Balaban J connectivity index is 1.64. The number of carbonyl (C=O) groups is 2. The van der Waals surface area contributed by atoms with Crippen LogP contribution in [0.3, 0.4) is 0 Å². The van der Waals surface area contributed by atoms with Gasteiger partial charge in [0.1, 0.15) is 24.2 Å². The number of aromatic nitrogens is 2. The fourth-order valence-electron chi connectivity index (χ4n) is 4.32. The summed E-state index contributed by atoms with van der Waals surface area (Å²) in [5.41, 5.74) is 3.12. The van der Waals surface area contributed by atoms with Gasteiger partial charge in [0.05, 0.1) is 18.4 Å². The second-order valence-electron chi connectivity index (χ2n) is 9.70. The van der Waals surface area contributed by atoms with E-state index in [1.54, 1.807) is 22.1 Å². The molecule has 2 amide bonds. The van der Waals surface area contributed by atoms with E-state index in [0.29, 0.717) is 43.0 Å². The molecule has 37 heavy (non-hydrogen) atoms. The number of amides is 2. The van der Waals surface area contributed by atoms with E-state index in [1.807, 2.05) is 57.4 Å². The van der Waals surface area contributed by atoms with Crippen LogP contribution in [0.4, 0.5) is 10.1 Å². The number of hydrogen-bond donors (Lipinski definition) is 2. The zero-order valence-electron chi connectivity index (χ0n) is 21.6. The van der Waals surface area contributed by atoms with Gasteiger partial charge < -0.3 is 24.8 Å². The maximum atomic E-state index is 15.2. The van der Waals surface area contributed by atoms with Gasteiger partial charge in [-0.25, -0.2) is 4.39 Å². The number of ether oxygens (including phenoxy) is 1.